The monoisotopic (exact) mass is 311 g/mol. The van der Waals surface area contributed by atoms with Gasteiger partial charge in [0.1, 0.15) is 5.75 Å². The molecule has 0 unspecified atom stereocenters. The van der Waals surface area contributed by atoms with Crippen molar-refractivity contribution in [2.45, 2.75) is 44.2 Å². The molecule has 2 heterocycles. The summed E-state index contributed by atoms with van der Waals surface area (Å²) in [5.74, 6) is 3.51. The van der Waals surface area contributed by atoms with Gasteiger partial charge in [-0.05, 0) is 24.5 Å². The molecule has 0 spiro atoms. The van der Waals surface area contributed by atoms with Crippen molar-refractivity contribution in [2.24, 2.45) is 10.2 Å². The Morgan fingerprint density at radius 2 is 2.26 bits per heavy atom. The number of methoxy groups -OCH3 is 1. The van der Waals surface area contributed by atoms with Crippen LogP contribution in [0.4, 0.5) is 5.69 Å². The molecule has 2 aliphatic heterocycles. The Labute approximate surface area is 136 Å². The molecule has 5 heteroatoms. The van der Waals surface area contributed by atoms with E-state index in [-0.39, 0.29) is 5.91 Å². The van der Waals surface area contributed by atoms with E-state index in [0.29, 0.717) is 19.3 Å². The van der Waals surface area contributed by atoms with Crippen molar-refractivity contribution in [1.29, 1.82) is 0 Å². The number of benzene rings is 1. The Hall–Kier alpha value is -2.35. The molecule has 0 saturated heterocycles. The van der Waals surface area contributed by atoms with Crippen molar-refractivity contribution in [2.75, 3.05) is 18.6 Å². The van der Waals surface area contributed by atoms with Gasteiger partial charge in [0, 0.05) is 38.3 Å². The maximum atomic E-state index is 12.7. The number of nitrogens with zero attached hydrogens (tertiary/aromatic N) is 3. The van der Waals surface area contributed by atoms with Crippen LogP contribution >= 0.6 is 0 Å². The number of fused-ring (bicyclic) bond motifs is 1. The first-order valence-electron chi connectivity index (χ1n) is 8.02. The summed E-state index contributed by atoms with van der Waals surface area (Å²) in [4.78, 5) is 14.5. The molecular weight excluding hydrogens is 290 g/mol. The van der Waals surface area contributed by atoms with Crippen LogP contribution in [0.2, 0.25) is 0 Å². The molecule has 23 heavy (non-hydrogen) atoms. The summed E-state index contributed by atoms with van der Waals surface area (Å²) >= 11 is 0. The minimum Gasteiger partial charge on any atom is -0.497 e. The minimum absolute atomic E-state index is 0.122. The average molecular weight is 311 g/mol. The Bertz CT molecular complexity index is 669. The lowest BCUT2D eigenvalue weighted by Gasteiger charge is -2.30. The van der Waals surface area contributed by atoms with Crippen molar-refractivity contribution >= 4 is 11.6 Å². The lowest BCUT2D eigenvalue weighted by Crippen LogP contribution is -2.36. The largest absolute Gasteiger partial charge is 0.497 e. The third-order valence-electron chi connectivity index (χ3n) is 4.50. The Morgan fingerprint density at radius 3 is 2.96 bits per heavy atom. The van der Waals surface area contributed by atoms with Gasteiger partial charge in [0.15, 0.2) is 5.66 Å². The molecule has 5 nitrogen and oxygen atoms in total. The first-order chi connectivity index (χ1) is 11.2. The maximum absolute atomic E-state index is 12.7. The zero-order valence-electron chi connectivity index (χ0n) is 13.4. The van der Waals surface area contributed by atoms with Crippen LogP contribution in [0.5, 0.6) is 5.75 Å². The highest BCUT2D eigenvalue weighted by atomic mass is 16.5. The van der Waals surface area contributed by atoms with Crippen LogP contribution in [0.1, 0.15) is 37.7 Å². The second kappa shape index (κ2) is 6.41. The highest BCUT2D eigenvalue weighted by Crippen LogP contribution is 2.38. The first kappa shape index (κ1) is 15.5. The van der Waals surface area contributed by atoms with Crippen LogP contribution in [-0.2, 0) is 11.2 Å². The lowest BCUT2D eigenvalue weighted by molar-refractivity contribution is -0.119. The van der Waals surface area contributed by atoms with Crippen LogP contribution in [-0.4, -0.2) is 25.2 Å². The topological polar surface area (TPSA) is 54.3 Å². The lowest BCUT2D eigenvalue weighted by atomic mass is 9.99. The van der Waals surface area contributed by atoms with E-state index < -0.39 is 5.66 Å². The predicted molar refractivity (Wildman–Crippen MR) is 88.6 cm³/mol. The summed E-state index contributed by atoms with van der Waals surface area (Å²) in [5.41, 5.74) is 1.78. The molecule has 1 aromatic carbocycles. The minimum atomic E-state index is -0.394. The molecule has 120 valence electrons. The van der Waals surface area contributed by atoms with Crippen molar-refractivity contribution in [3.05, 3.63) is 23.8 Å². The van der Waals surface area contributed by atoms with Gasteiger partial charge in [-0.2, -0.15) is 10.2 Å². The average Bonchev–Trinajstić information content (AvgIpc) is 3.37. The Morgan fingerprint density at radius 1 is 1.43 bits per heavy atom. The Balaban J connectivity index is 1.66. The van der Waals surface area contributed by atoms with E-state index in [1.807, 2.05) is 23.1 Å². The van der Waals surface area contributed by atoms with E-state index in [2.05, 4.69) is 16.1 Å². The van der Waals surface area contributed by atoms with E-state index >= 15 is 0 Å². The molecule has 1 amide bonds. The number of hydrogen-bond acceptors (Lipinski definition) is 4. The summed E-state index contributed by atoms with van der Waals surface area (Å²) in [7, 11) is 1.64. The maximum Gasteiger partial charge on any atom is 0.227 e. The van der Waals surface area contributed by atoms with Gasteiger partial charge in [0.25, 0.3) is 0 Å². The molecular formula is C18H21N3O2. The van der Waals surface area contributed by atoms with Crippen LogP contribution in [0.3, 0.4) is 0 Å². The SMILES string of the molecule is C#CCCC1(CCC(=O)N2CCCc3ccc(OC)cc32)N=N1. The van der Waals surface area contributed by atoms with Crippen LogP contribution in [0, 0.1) is 12.3 Å². The summed E-state index contributed by atoms with van der Waals surface area (Å²) < 4.78 is 5.29. The molecule has 0 aliphatic carbocycles. The third-order valence-corrected chi connectivity index (χ3v) is 4.50. The summed E-state index contributed by atoms with van der Waals surface area (Å²) in [6.07, 6.45) is 9.75. The third kappa shape index (κ3) is 3.37. The van der Waals surface area contributed by atoms with E-state index in [0.717, 1.165) is 37.2 Å². The van der Waals surface area contributed by atoms with Crippen molar-refractivity contribution < 1.29 is 9.53 Å². The normalized spacial score (nSPS) is 17.3. The second-order valence-electron chi connectivity index (χ2n) is 6.03. The van der Waals surface area contributed by atoms with Gasteiger partial charge in [-0.3, -0.25) is 4.79 Å². The molecule has 0 atom stereocenters. The van der Waals surface area contributed by atoms with Crippen molar-refractivity contribution in [3.63, 3.8) is 0 Å². The number of aryl methyl sites for hydroxylation is 1. The van der Waals surface area contributed by atoms with Gasteiger partial charge in [-0.1, -0.05) is 6.07 Å². The van der Waals surface area contributed by atoms with Gasteiger partial charge < -0.3 is 9.64 Å². The smallest absolute Gasteiger partial charge is 0.227 e. The molecule has 2 aliphatic rings. The molecule has 0 radical (unpaired) electrons. The molecule has 0 N–H and O–H groups in total. The van der Waals surface area contributed by atoms with E-state index in [1.54, 1.807) is 7.11 Å². The van der Waals surface area contributed by atoms with E-state index in [4.69, 9.17) is 11.2 Å². The number of rotatable bonds is 6. The molecule has 0 aromatic heterocycles. The fraction of sp³-hybridized carbons (Fsp3) is 0.500. The molecule has 3 rings (SSSR count). The number of carbonyl (C=O) groups excluding carboxylic acids is 1. The molecule has 1 aromatic rings. The molecule has 0 fully saturated rings. The zero-order valence-corrected chi connectivity index (χ0v) is 13.4. The molecule has 0 saturated carbocycles. The highest BCUT2D eigenvalue weighted by molar-refractivity contribution is 5.94. The van der Waals surface area contributed by atoms with Gasteiger partial charge >= 0.3 is 0 Å². The van der Waals surface area contributed by atoms with Gasteiger partial charge in [-0.15, -0.1) is 12.3 Å². The number of ether oxygens (including phenoxy) is 1. The first-order valence-corrected chi connectivity index (χ1v) is 8.02. The number of anilines is 1. The quantitative estimate of drug-likeness (QED) is 0.757. The number of carbonyl (C=O) groups is 1. The van der Waals surface area contributed by atoms with Crippen LogP contribution < -0.4 is 9.64 Å². The Kier molecular flexibility index (Phi) is 4.33. The van der Waals surface area contributed by atoms with Crippen molar-refractivity contribution in [3.8, 4) is 18.1 Å². The van der Waals surface area contributed by atoms with Gasteiger partial charge in [-0.25, -0.2) is 0 Å². The molecule has 0 bridgehead atoms. The fourth-order valence-electron chi connectivity index (χ4n) is 3.05. The van der Waals surface area contributed by atoms with E-state index in [1.165, 1.54) is 5.56 Å². The van der Waals surface area contributed by atoms with E-state index in [9.17, 15) is 4.79 Å². The second-order valence-corrected chi connectivity index (χ2v) is 6.03. The summed E-state index contributed by atoms with van der Waals surface area (Å²) in [6.45, 7) is 0.755. The number of amides is 1. The van der Waals surface area contributed by atoms with Gasteiger partial charge in [0.2, 0.25) is 5.91 Å². The van der Waals surface area contributed by atoms with Gasteiger partial charge in [0.05, 0.1) is 12.8 Å². The number of terminal acetylenes is 1. The summed E-state index contributed by atoms with van der Waals surface area (Å²) in [6, 6.07) is 5.95. The number of hydrogen-bond donors (Lipinski definition) is 0. The zero-order chi connectivity index (χ0) is 16.3. The highest BCUT2D eigenvalue weighted by Gasteiger charge is 2.39. The predicted octanol–water partition coefficient (Wildman–Crippen LogP) is 3.33. The van der Waals surface area contributed by atoms with Crippen LogP contribution in [0.15, 0.2) is 28.4 Å². The standard InChI is InChI=1S/C18H21N3O2/c1-3-4-10-18(19-20-18)11-9-17(22)21-12-5-6-14-7-8-15(23-2)13-16(14)21/h1,7-8,13H,4-6,9-12H2,2H3. The fourth-order valence-corrected chi connectivity index (χ4v) is 3.05. The summed E-state index contributed by atoms with van der Waals surface area (Å²) in [5, 5.41) is 8.20. The van der Waals surface area contributed by atoms with Crippen LogP contribution in [0.25, 0.3) is 0 Å². The van der Waals surface area contributed by atoms with Crippen molar-refractivity contribution in [1.82, 2.24) is 0 Å².